The molecule has 1 aliphatic heterocycles. The molecule has 1 unspecified atom stereocenters. The van der Waals surface area contributed by atoms with E-state index in [0.29, 0.717) is 11.7 Å². The molecule has 19 heavy (non-hydrogen) atoms. The highest BCUT2D eigenvalue weighted by Gasteiger charge is 2.34. The average Bonchev–Trinajstić information content (AvgIpc) is 3.12. The number of hydrogen-bond acceptors (Lipinski definition) is 3. The Hall–Kier alpha value is -1.36. The minimum atomic E-state index is -2.78. The normalized spacial score (nSPS) is 23.8. The fourth-order valence-electron chi connectivity index (χ4n) is 2.68. The van der Waals surface area contributed by atoms with E-state index in [1.54, 1.807) is 18.2 Å². The highest BCUT2D eigenvalue weighted by atomic mass is 19.3. The van der Waals surface area contributed by atoms with Gasteiger partial charge in [0.25, 0.3) is 0 Å². The molecule has 2 aliphatic rings. The van der Waals surface area contributed by atoms with Crippen molar-refractivity contribution in [3.8, 4) is 5.75 Å². The number of para-hydroxylation sites is 2. The molecule has 104 valence electrons. The molecule has 0 spiro atoms. The summed E-state index contributed by atoms with van der Waals surface area (Å²) in [6, 6.07) is 7.98. The molecule has 1 aromatic carbocycles. The summed E-state index contributed by atoms with van der Waals surface area (Å²) in [5, 5.41) is 3.33. The second-order valence-electron chi connectivity index (χ2n) is 5.23. The van der Waals surface area contributed by atoms with Gasteiger partial charge in [-0.1, -0.05) is 12.1 Å². The minimum absolute atomic E-state index is 0.224. The Morgan fingerprint density at radius 1 is 1.21 bits per heavy atom. The molecule has 0 radical (unpaired) electrons. The van der Waals surface area contributed by atoms with Gasteiger partial charge in [-0.2, -0.15) is 8.78 Å². The van der Waals surface area contributed by atoms with Crippen LogP contribution in [0.4, 0.5) is 14.5 Å². The highest BCUT2D eigenvalue weighted by Crippen LogP contribution is 2.32. The molecule has 3 rings (SSSR count). The number of nitrogens with one attached hydrogen (secondary N) is 1. The van der Waals surface area contributed by atoms with Gasteiger partial charge in [0, 0.05) is 25.2 Å². The third-order valence-corrected chi connectivity index (χ3v) is 3.75. The quantitative estimate of drug-likeness (QED) is 0.888. The van der Waals surface area contributed by atoms with E-state index in [1.807, 2.05) is 6.07 Å². The maximum atomic E-state index is 12.3. The molecule has 2 fully saturated rings. The number of nitrogens with zero attached hydrogens (tertiary/aromatic N) is 1. The van der Waals surface area contributed by atoms with Gasteiger partial charge in [0.15, 0.2) is 0 Å². The Kier molecular flexibility index (Phi) is 3.55. The first-order chi connectivity index (χ1) is 9.22. The van der Waals surface area contributed by atoms with Crippen molar-refractivity contribution < 1.29 is 13.5 Å². The minimum Gasteiger partial charge on any atom is -0.433 e. The number of ether oxygens (including phenoxy) is 1. The number of alkyl halides is 2. The van der Waals surface area contributed by atoms with Crippen molar-refractivity contribution in [3.63, 3.8) is 0 Å². The van der Waals surface area contributed by atoms with Crippen LogP contribution in [0.3, 0.4) is 0 Å². The van der Waals surface area contributed by atoms with Gasteiger partial charge in [0.1, 0.15) is 5.75 Å². The van der Waals surface area contributed by atoms with E-state index in [1.165, 1.54) is 12.8 Å². The van der Waals surface area contributed by atoms with Crippen molar-refractivity contribution in [2.75, 3.05) is 18.4 Å². The van der Waals surface area contributed by atoms with E-state index in [9.17, 15) is 8.78 Å². The summed E-state index contributed by atoms with van der Waals surface area (Å²) in [5.41, 5.74) is 0.658. The summed E-state index contributed by atoms with van der Waals surface area (Å²) in [6.07, 6.45) is 3.66. The van der Waals surface area contributed by atoms with E-state index in [0.717, 1.165) is 25.6 Å². The lowest BCUT2D eigenvalue weighted by Crippen LogP contribution is -2.27. The highest BCUT2D eigenvalue weighted by molar-refractivity contribution is 5.56. The topological polar surface area (TPSA) is 24.5 Å². The predicted molar refractivity (Wildman–Crippen MR) is 69.7 cm³/mol. The van der Waals surface area contributed by atoms with Crippen LogP contribution in [0.2, 0.25) is 0 Å². The first-order valence-electron chi connectivity index (χ1n) is 6.77. The van der Waals surface area contributed by atoms with Gasteiger partial charge in [-0.15, -0.1) is 0 Å². The van der Waals surface area contributed by atoms with E-state index in [4.69, 9.17) is 0 Å². The van der Waals surface area contributed by atoms with Crippen LogP contribution in [0.1, 0.15) is 19.3 Å². The SMILES string of the molecule is FC(F)Oc1ccccc1NC1CCN(C2CC2)C1. The zero-order valence-corrected chi connectivity index (χ0v) is 10.7. The van der Waals surface area contributed by atoms with Crippen LogP contribution < -0.4 is 10.1 Å². The van der Waals surface area contributed by atoms with Gasteiger partial charge in [0.2, 0.25) is 0 Å². The maximum Gasteiger partial charge on any atom is 0.387 e. The van der Waals surface area contributed by atoms with Gasteiger partial charge in [-0.25, -0.2) is 0 Å². The Balaban J connectivity index is 1.62. The lowest BCUT2D eigenvalue weighted by Gasteiger charge is -2.18. The maximum absolute atomic E-state index is 12.3. The molecule has 1 aliphatic carbocycles. The van der Waals surface area contributed by atoms with Crippen LogP contribution in [-0.4, -0.2) is 36.7 Å². The van der Waals surface area contributed by atoms with E-state index < -0.39 is 6.61 Å². The summed E-state index contributed by atoms with van der Waals surface area (Å²) in [4.78, 5) is 2.48. The molecule has 5 heteroatoms. The fraction of sp³-hybridized carbons (Fsp3) is 0.571. The molecular formula is C14H18F2N2O. The van der Waals surface area contributed by atoms with Gasteiger partial charge < -0.3 is 10.1 Å². The number of rotatable bonds is 5. The van der Waals surface area contributed by atoms with Crippen LogP contribution in [0.5, 0.6) is 5.75 Å². The zero-order chi connectivity index (χ0) is 13.2. The Labute approximate surface area is 111 Å². The number of halogens is 2. The van der Waals surface area contributed by atoms with Gasteiger partial charge >= 0.3 is 6.61 Å². The standard InChI is InChI=1S/C14H18F2N2O/c15-14(16)19-13-4-2-1-3-12(13)17-10-7-8-18(9-10)11-5-6-11/h1-4,10-11,14,17H,5-9H2. The van der Waals surface area contributed by atoms with Crippen molar-refractivity contribution in [3.05, 3.63) is 24.3 Å². The number of hydrogen-bond donors (Lipinski definition) is 1. The van der Waals surface area contributed by atoms with Crippen LogP contribution in [-0.2, 0) is 0 Å². The van der Waals surface area contributed by atoms with Crippen molar-refractivity contribution in [2.45, 2.75) is 38.0 Å². The summed E-state index contributed by atoms with van der Waals surface area (Å²) >= 11 is 0. The van der Waals surface area contributed by atoms with E-state index in [2.05, 4.69) is 15.0 Å². The monoisotopic (exact) mass is 268 g/mol. The number of benzene rings is 1. The molecular weight excluding hydrogens is 250 g/mol. The summed E-state index contributed by atoms with van der Waals surface area (Å²) < 4.78 is 29.2. The Morgan fingerprint density at radius 2 is 2.00 bits per heavy atom. The largest absolute Gasteiger partial charge is 0.433 e. The van der Waals surface area contributed by atoms with E-state index in [-0.39, 0.29) is 5.75 Å². The third kappa shape index (κ3) is 3.15. The zero-order valence-electron chi connectivity index (χ0n) is 10.7. The Bertz CT molecular complexity index is 437. The van der Waals surface area contributed by atoms with Crippen LogP contribution in [0, 0.1) is 0 Å². The van der Waals surface area contributed by atoms with Gasteiger partial charge in [-0.05, 0) is 31.4 Å². The van der Waals surface area contributed by atoms with Gasteiger partial charge in [-0.3, -0.25) is 4.90 Å². The molecule has 0 aromatic heterocycles. The van der Waals surface area contributed by atoms with Gasteiger partial charge in [0.05, 0.1) is 5.69 Å². The molecule has 1 saturated heterocycles. The first-order valence-corrected chi connectivity index (χ1v) is 6.77. The lowest BCUT2D eigenvalue weighted by atomic mass is 10.2. The van der Waals surface area contributed by atoms with Crippen LogP contribution in [0.25, 0.3) is 0 Å². The second kappa shape index (κ2) is 5.33. The number of likely N-dealkylation sites (tertiary alicyclic amines) is 1. The molecule has 1 atom stereocenters. The van der Waals surface area contributed by atoms with Crippen molar-refractivity contribution in [1.29, 1.82) is 0 Å². The lowest BCUT2D eigenvalue weighted by molar-refractivity contribution is -0.0493. The van der Waals surface area contributed by atoms with E-state index >= 15 is 0 Å². The van der Waals surface area contributed by atoms with Crippen molar-refractivity contribution in [2.24, 2.45) is 0 Å². The fourth-order valence-corrected chi connectivity index (χ4v) is 2.68. The predicted octanol–water partition coefficient (Wildman–Crippen LogP) is 2.94. The molecule has 1 aromatic rings. The second-order valence-corrected chi connectivity index (χ2v) is 5.23. The van der Waals surface area contributed by atoms with Crippen molar-refractivity contribution >= 4 is 5.69 Å². The van der Waals surface area contributed by atoms with Crippen molar-refractivity contribution in [1.82, 2.24) is 4.90 Å². The van der Waals surface area contributed by atoms with Crippen LogP contribution >= 0.6 is 0 Å². The summed E-state index contributed by atoms with van der Waals surface area (Å²) in [6.45, 7) is -0.692. The molecule has 1 heterocycles. The summed E-state index contributed by atoms with van der Waals surface area (Å²) in [7, 11) is 0. The number of anilines is 1. The average molecular weight is 268 g/mol. The molecule has 1 saturated carbocycles. The molecule has 0 amide bonds. The molecule has 3 nitrogen and oxygen atoms in total. The Morgan fingerprint density at radius 3 is 2.74 bits per heavy atom. The van der Waals surface area contributed by atoms with Crippen LogP contribution in [0.15, 0.2) is 24.3 Å². The molecule has 1 N–H and O–H groups in total. The summed E-state index contributed by atoms with van der Waals surface area (Å²) in [5.74, 6) is 0.224. The smallest absolute Gasteiger partial charge is 0.387 e. The first kappa shape index (κ1) is 12.7. The molecule has 0 bridgehead atoms. The third-order valence-electron chi connectivity index (χ3n) is 3.75.